The van der Waals surface area contributed by atoms with Crippen LogP contribution < -0.4 is 23.7 Å². The van der Waals surface area contributed by atoms with E-state index in [0.717, 1.165) is 0 Å². The second-order valence-electron chi connectivity index (χ2n) is 6.09. The molecule has 7 nitrogen and oxygen atoms in total. The summed E-state index contributed by atoms with van der Waals surface area (Å²) in [5.41, 5.74) is 0.825. The largest absolute Gasteiger partial charge is 0.497 e. The highest BCUT2D eigenvalue weighted by molar-refractivity contribution is 6.04. The van der Waals surface area contributed by atoms with Crippen LogP contribution in [0.3, 0.4) is 0 Å². The predicted octanol–water partition coefficient (Wildman–Crippen LogP) is 3.33. The molecular weight excluding hydrogens is 364 g/mol. The molecule has 7 heteroatoms. The van der Waals surface area contributed by atoms with Gasteiger partial charge in [0.25, 0.3) is 0 Å². The van der Waals surface area contributed by atoms with Crippen LogP contribution in [0.4, 0.5) is 0 Å². The maximum atomic E-state index is 12.8. The first-order chi connectivity index (χ1) is 13.6. The Labute approximate surface area is 163 Å². The van der Waals surface area contributed by atoms with Crippen molar-refractivity contribution in [3.63, 3.8) is 0 Å². The number of hydrogen-bond acceptors (Lipinski definition) is 7. The second-order valence-corrected chi connectivity index (χ2v) is 6.09. The lowest BCUT2D eigenvalue weighted by Crippen LogP contribution is -2.17. The van der Waals surface area contributed by atoms with Crippen LogP contribution in [0.25, 0.3) is 0 Å². The number of ether oxygens (including phenoxy) is 5. The summed E-state index contributed by atoms with van der Waals surface area (Å²) in [6.07, 6.45) is 0.106. The molecular formula is C21H22O7. The van der Waals surface area contributed by atoms with Crippen molar-refractivity contribution in [1.29, 1.82) is 0 Å². The quantitative estimate of drug-likeness (QED) is 0.644. The van der Waals surface area contributed by atoms with Crippen molar-refractivity contribution in [2.45, 2.75) is 12.8 Å². The number of Topliss-reactive ketones (excluding diaryl/α,β-unsaturated/α-hetero) is 2. The smallest absolute Gasteiger partial charge is 0.208 e. The molecule has 0 unspecified atom stereocenters. The topological polar surface area (TPSA) is 80.3 Å². The van der Waals surface area contributed by atoms with E-state index in [2.05, 4.69) is 0 Å². The Balaban J connectivity index is 1.79. The number of rotatable bonds is 8. The molecule has 0 bridgehead atoms. The first-order valence-electron chi connectivity index (χ1n) is 8.84. The molecule has 1 heterocycles. The standard InChI is InChI=1S/C21H22O7/c1-24-14-6-4-13(5-7-14)16(22)8-9-17(23)15-12-18-20(28-11-10-27-18)21(26-3)19(15)25-2/h4-7,12H,8-11H2,1-3H3. The van der Waals surface area contributed by atoms with Crippen LogP contribution in [0.1, 0.15) is 33.6 Å². The van der Waals surface area contributed by atoms with E-state index in [4.69, 9.17) is 23.7 Å². The van der Waals surface area contributed by atoms with Gasteiger partial charge < -0.3 is 23.7 Å². The molecule has 0 saturated carbocycles. The van der Waals surface area contributed by atoms with Gasteiger partial charge in [0.05, 0.1) is 26.9 Å². The molecule has 1 aliphatic heterocycles. The SMILES string of the molecule is COc1ccc(C(=O)CCC(=O)c2cc3c(c(OC)c2OC)OCCO3)cc1. The molecule has 0 aromatic heterocycles. The zero-order valence-corrected chi connectivity index (χ0v) is 16.1. The molecule has 2 aromatic carbocycles. The van der Waals surface area contributed by atoms with Gasteiger partial charge in [-0.15, -0.1) is 0 Å². The summed E-state index contributed by atoms with van der Waals surface area (Å²) in [5, 5.41) is 0. The van der Waals surface area contributed by atoms with Crippen molar-refractivity contribution in [3.05, 3.63) is 41.5 Å². The lowest BCUT2D eigenvalue weighted by atomic mass is 10.00. The number of benzene rings is 2. The number of methoxy groups -OCH3 is 3. The van der Waals surface area contributed by atoms with Crippen molar-refractivity contribution in [2.24, 2.45) is 0 Å². The van der Waals surface area contributed by atoms with Crippen LogP contribution >= 0.6 is 0 Å². The monoisotopic (exact) mass is 386 g/mol. The van der Waals surface area contributed by atoms with Crippen molar-refractivity contribution in [1.82, 2.24) is 0 Å². The molecule has 2 aromatic rings. The molecule has 28 heavy (non-hydrogen) atoms. The maximum Gasteiger partial charge on any atom is 0.208 e. The van der Waals surface area contributed by atoms with Crippen LogP contribution in [0.5, 0.6) is 28.7 Å². The normalized spacial score (nSPS) is 12.2. The minimum absolute atomic E-state index is 0.0318. The van der Waals surface area contributed by atoms with Gasteiger partial charge >= 0.3 is 0 Å². The Hall–Kier alpha value is -3.22. The average Bonchev–Trinajstić information content (AvgIpc) is 2.75. The Kier molecular flexibility index (Phi) is 6.03. The highest BCUT2D eigenvalue weighted by Gasteiger charge is 2.27. The fourth-order valence-electron chi connectivity index (χ4n) is 3.02. The number of carbonyl (C=O) groups excluding carboxylic acids is 2. The minimum atomic E-state index is -0.242. The molecule has 0 spiro atoms. The van der Waals surface area contributed by atoms with Gasteiger partial charge in [0.15, 0.2) is 23.1 Å². The van der Waals surface area contributed by atoms with E-state index in [9.17, 15) is 9.59 Å². The van der Waals surface area contributed by atoms with Crippen molar-refractivity contribution < 1.29 is 33.3 Å². The van der Waals surface area contributed by atoms with Gasteiger partial charge in [-0.1, -0.05) is 0 Å². The number of fused-ring (bicyclic) bond motifs is 1. The van der Waals surface area contributed by atoms with E-state index in [-0.39, 0.29) is 30.2 Å². The highest BCUT2D eigenvalue weighted by atomic mass is 16.6. The van der Waals surface area contributed by atoms with Crippen molar-refractivity contribution >= 4 is 11.6 Å². The zero-order chi connectivity index (χ0) is 20.1. The van der Waals surface area contributed by atoms with E-state index < -0.39 is 0 Å². The average molecular weight is 386 g/mol. The van der Waals surface area contributed by atoms with Crippen LogP contribution in [0, 0.1) is 0 Å². The molecule has 0 fully saturated rings. The van der Waals surface area contributed by atoms with Gasteiger partial charge in [-0.2, -0.15) is 0 Å². The first-order valence-corrected chi connectivity index (χ1v) is 8.84. The third-order valence-corrected chi connectivity index (χ3v) is 4.44. The number of ketones is 2. The Morgan fingerprint density at radius 3 is 2.14 bits per heavy atom. The van der Waals surface area contributed by atoms with Gasteiger partial charge in [0.2, 0.25) is 11.5 Å². The fraction of sp³-hybridized carbons (Fsp3) is 0.333. The van der Waals surface area contributed by atoms with Crippen LogP contribution in [0.2, 0.25) is 0 Å². The summed E-state index contributed by atoms with van der Waals surface area (Å²) in [6.45, 7) is 0.766. The van der Waals surface area contributed by atoms with Crippen LogP contribution in [-0.2, 0) is 0 Å². The summed E-state index contributed by atoms with van der Waals surface area (Å²) in [6, 6.07) is 8.36. The van der Waals surface area contributed by atoms with Gasteiger partial charge in [0.1, 0.15) is 19.0 Å². The summed E-state index contributed by atoms with van der Waals surface area (Å²) < 4.78 is 27.0. The summed E-state index contributed by atoms with van der Waals surface area (Å²) >= 11 is 0. The van der Waals surface area contributed by atoms with E-state index in [1.54, 1.807) is 37.4 Å². The molecule has 148 valence electrons. The van der Waals surface area contributed by atoms with E-state index >= 15 is 0 Å². The van der Waals surface area contributed by atoms with E-state index in [0.29, 0.717) is 47.3 Å². The van der Waals surface area contributed by atoms with E-state index in [1.807, 2.05) is 0 Å². The molecule has 3 rings (SSSR count). The molecule has 1 aliphatic rings. The predicted molar refractivity (Wildman–Crippen MR) is 101 cm³/mol. The lowest BCUT2D eigenvalue weighted by Gasteiger charge is -2.23. The molecule has 0 saturated heterocycles. The molecule has 0 N–H and O–H groups in total. The van der Waals surface area contributed by atoms with Crippen molar-refractivity contribution in [2.75, 3.05) is 34.5 Å². The van der Waals surface area contributed by atoms with Crippen molar-refractivity contribution in [3.8, 4) is 28.7 Å². The third-order valence-electron chi connectivity index (χ3n) is 4.44. The summed E-state index contributed by atoms with van der Waals surface area (Å²) in [4.78, 5) is 25.2. The molecule has 0 radical (unpaired) electrons. The van der Waals surface area contributed by atoms with Crippen LogP contribution in [-0.4, -0.2) is 46.1 Å². The Morgan fingerprint density at radius 2 is 1.50 bits per heavy atom. The van der Waals surface area contributed by atoms with Gasteiger partial charge in [0, 0.05) is 18.4 Å². The van der Waals surface area contributed by atoms with E-state index in [1.165, 1.54) is 14.2 Å². The molecule has 0 atom stereocenters. The Morgan fingerprint density at radius 1 is 0.857 bits per heavy atom. The minimum Gasteiger partial charge on any atom is -0.497 e. The van der Waals surface area contributed by atoms with Gasteiger partial charge in [-0.3, -0.25) is 9.59 Å². The first kappa shape index (κ1) is 19.5. The number of carbonyl (C=O) groups is 2. The molecule has 0 amide bonds. The summed E-state index contributed by atoms with van der Waals surface area (Å²) in [5.74, 6) is 1.72. The maximum absolute atomic E-state index is 12.8. The zero-order valence-electron chi connectivity index (χ0n) is 16.1. The highest BCUT2D eigenvalue weighted by Crippen LogP contribution is 2.48. The van der Waals surface area contributed by atoms with Gasteiger partial charge in [-0.05, 0) is 30.3 Å². The Bertz CT molecular complexity index is 871. The fourth-order valence-corrected chi connectivity index (χ4v) is 3.02. The van der Waals surface area contributed by atoms with Gasteiger partial charge in [-0.25, -0.2) is 0 Å². The van der Waals surface area contributed by atoms with Crippen LogP contribution in [0.15, 0.2) is 30.3 Å². The third kappa shape index (κ3) is 3.88. The molecule has 0 aliphatic carbocycles. The second kappa shape index (κ2) is 8.65. The summed E-state index contributed by atoms with van der Waals surface area (Å²) in [7, 11) is 4.48. The number of hydrogen-bond donors (Lipinski definition) is 0. The lowest BCUT2D eigenvalue weighted by molar-refractivity contribution is 0.0914.